The lowest BCUT2D eigenvalue weighted by Crippen LogP contribution is -1.96. The highest BCUT2D eigenvalue weighted by Gasteiger charge is 2.07. The minimum absolute atomic E-state index is 0.548. The summed E-state index contributed by atoms with van der Waals surface area (Å²) in [5, 5.41) is 0.564. The average Bonchev–Trinajstić information content (AvgIpc) is 2.28. The summed E-state index contributed by atoms with van der Waals surface area (Å²) in [5.41, 5.74) is 1.65. The Hall–Kier alpha value is -1.26. The predicted molar refractivity (Wildman–Crippen MR) is 67.0 cm³/mol. The van der Waals surface area contributed by atoms with Gasteiger partial charge in [-0.15, -0.1) is 0 Å². The van der Waals surface area contributed by atoms with E-state index in [4.69, 9.17) is 23.8 Å². The largest absolute Gasteiger partial charge is 0.342 e. The van der Waals surface area contributed by atoms with Crippen LogP contribution >= 0.6 is 23.8 Å². The molecule has 5 heteroatoms. The summed E-state index contributed by atoms with van der Waals surface area (Å²) in [6.07, 6.45) is 2.54. The number of aryl methyl sites for hydroxylation is 1. The van der Waals surface area contributed by atoms with Crippen LogP contribution in [-0.4, -0.2) is 15.0 Å². The van der Waals surface area contributed by atoms with Crippen LogP contribution < -0.4 is 0 Å². The van der Waals surface area contributed by atoms with Crippen molar-refractivity contribution < 1.29 is 0 Å². The molecule has 0 aliphatic carbocycles. The Morgan fingerprint density at radius 3 is 3.00 bits per heavy atom. The molecule has 2 aromatic rings. The highest BCUT2D eigenvalue weighted by atomic mass is 35.5. The highest BCUT2D eigenvalue weighted by Crippen LogP contribution is 2.21. The molecule has 0 fully saturated rings. The summed E-state index contributed by atoms with van der Waals surface area (Å²) in [6.45, 7) is 2.05. The summed E-state index contributed by atoms with van der Waals surface area (Å²) >= 11 is 11.1. The van der Waals surface area contributed by atoms with Crippen LogP contribution in [0.25, 0.3) is 11.5 Å². The molecule has 1 N–H and O–H groups in total. The molecule has 0 amide bonds. The summed E-state index contributed by atoms with van der Waals surface area (Å²) in [4.78, 5) is 11.6. The molecule has 0 bridgehead atoms. The number of aromatic nitrogens is 3. The van der Waals surface area contributed by atoms with E-state index < -0.39 is 0 Å². The fourth-order valence-electron chi connectivity index (χ4n) is 1.37. The van der Waals surface area contributed by atoms with Crippen LogP contribution in [-0.2, 0) is 6.42 Å². The first kappa shape index (κ1) is 11.2. The van der Waals surface area contributed by atoms with Gasteiger partial charge in [0.25, 0.3) is 0 Å². The van der Waals surface area contributed by atoms with Crippen molar-refractivity contribution in [2.45, 2.75) is 13.3 Å². The maximum absolute atomic E-state index is 6.05. The van der Waals surface area contributed by atoms with Gasteiger partial charge in [-0.1, -0.05) is 30.7 Å². The van der Waals surface area contributed by atoms with Crippen molar-refractivity contribution in [3.8, 4) is 11.5 Å². The number of aromatic amines is 1. The summed E-state index contributed by atoms with van der Waals surface area (Å²) < 4.78 is 0.548. The molecule has 0 atom stereocenters. The third-order valence-corrected chi connectivity index (χ3v) is 2.68. The number of nitrogens with zero attached hydrogens (tertiary/aromatic N) is 2. The van der Waals surface area contributed by atoms with E-state index in [2.05, 4.69) is 15.0 Å². The fourth-order valence-corrected chi connectivity index (χ4v) is 1.81. The topological polar surface area (TPSA) is 41.6 Å². The first-order valence-electron chi connectivity index (χ1n) is 4.92. The van der Waals surface area contributed by atoms with Crippen molar-refractivity contribution in [3.63, 3.8) is 0 Å². The van der Waals surface area contributed by atoms with Gasteiger partial charge in [-0.05, 0) is 24.6 Å². The molecule has 2 heterocycles. The monoisotopic (exact) mass is 251 g/mol. The molecule has 3 nitrogen and oxygen atoms in total. The van der Waals surface area contributed by atoms with Gasteiger partial charge >= 0.3 is 0 Å². The normalized spacial score (nSPS) is 10.4. The lowest BCUT2D eigenvalue weighted by atomic mass is 10.3. The number of hydrogen-bond donors (Lipinski definition) is 1. The van der Waals surface area contributed by atoms with Crippen molar-refractivity contribution in [2.75, 3.05) is 0 Å². The predicted octanol–water partition coefficient (Wildman–Crippen LogP) is 3.42. The Morgan fingerprint density at radius 2 is 2.31 bits per heavy atom. The van der Waals surface area contributed by atoms with Crippen LogP contribution in [0.3, 0.4) is 0 Å². The molecule has 0 saturated carbocycles. The molecule has 0 aromatic carbocycles. The minimum atomic E-state index is 0.548. The van der Waals surface area contributed by atoms with Crippen LogP contribution in [0.4, 0.5) is 0 Å². The van der Waals surface area contributed by atoms with E-state index in [1.54, 1.807) is 18.3 Å². The number of nitrogens with one attached hydrogen (secondary N) is 1. The van der Waals surface area contributed by atoms with Crippen molar-refractivity contribution in [1.82, 2.24) is 15.0 Å². The van der Waals surface area contributed by atoms with Crippen molar-refractivity contribution in [1.29, 1.82) is 0 Å². The zero-order valence-corrected chi connectivity index (χ0v) is 10.3. The second kappa shape index (κ2) is 4.72. The van der Waals surface area contributed by atoms with Gasteiger partial charge in [0.15, 0.2) is 5.82 Å². The Bertz CT molecular complexity index is 565. The highest BCUT2D eigenvalue weighted by molar-refractivity contribution is 7.71. The summed E-state index contributed by atoms with van der Waals surface area (Å²) in [5.74, 6) is 0.620. The van der Waals surface area contributed by atoms with Gasteiger partial charge < -0.3 is 4.98 Å². The van der Waals surface area contributed by atoms with E-state index in [0.29, 0.717) is 21.2 Å². The van der Waals surface area contributed by atoms with E-state index in [1.807, 2.05) is 13.0 Å². The Labute approximate surface area is 104 Å². The SMILES string of the molecule is CCc1cc(=S)nc(-c2ncccc2Cl)[nH]1. The van der Waals surface area contributed by atoms with Crippen molar-refractivity contribution >= 4 is 23.8 Å². The van der Waals surface area contributed by atoms with E-state index in [0.717, 1.165) is 12.1 Å². The van der Waals surface area contributed by atoms with Crippen molar-refractivity contribution in [2.24, 2.45) is 0 Å². The summed E-state index contributed by atoms with van der Waals surface area (Å²) in [6, 6.07) is 5.40. The third kappa shape index (κ3) is 2.28. The van der Waals surface area contributed by atoms with Gasteiger partial charge in [0.05, 0.1) is 5.02 Å². The maximum Gasteiger partial charge on any atom is 0.159 e. The second-order valence-electron chi connectivity index (χ2n) is 3.28. The number of pyridine rings is 1. The lowest BCUT2D eigenvalue weighted by molar-refractivity contribution is 0.992. The molecule has 0 unspecified atom stereocenters. The van der Waals surface area contributed by atoms with Gasteiger partial charge in [0.2, 0.25) is 0 Å². The number of halogens is 1. The van der Waals surface area contributed by atoms with E-state index in [1.165, 1.54) is 0 Å². The first-order valence-corrected chi connectivity index (χ1v) is 5.70. The quantitative estimate of drug-likeness (QED) is 0.832. The Kier molecular flexibility index (Phi) is 3.31. The van der Waals surface area contributed by atoms with Crippen LogP contribution in [0.5, 0.6) is 0 Å². The van der Waals surface area contributed by atoms with Gasteiger partial charge in [-0.2, -0.15) is 0 Å². The van der Waals surface area contributed by atoms with Crippen LogP contribution in [0, 0.1) is 4.64 Å². The lowest BCUT2D eigenvalue weighted by Gasteiger charge is -2.04. The molecule has 2 aromatic heterocycles. The summed E-state index contributed by atoms with van der Waals surface area (Å²) in [7, 11) is 0. The van der Waals surface area contributed by atoms with E-state index >= 15 is 0 Å². The molecule has 0 aliphatic rings. The molecule has 0 radical (unpaired) electrons. The van der Waals surface area contributed by atoms with Crippen LogP contribution in [0.2, 0.25) is 5.02 Å². The zero-order chi connectivity index (χ0) is 11.5. The Balaban J connectivity index is 2.60. The zero-order valence-electron chi connectivity index (χ0n) is 8.70. The van der Waals surface area contributed by atoms with Gasteiger partial charge in [0.1, 0.15) is 10.3 Å². The molecule has 2 rings (SSSR count). The molecular formula is C11H10ClN3S. The molecule has 16 heavy (non-hydrogen) atoms. The van der Waals surface area contributed by atoms with Crippen LogP contribution in [0.1, 0.15) is 12.6 Å². The van der Waals surface area contributed by atoms with E-state index in [-0.39, 0.29) is 0 Å². The molecule has 82 valence electrons. The van der Waals surface area contributed by atoms with Gasteiger partial charge in [-0.3, -0.25) is 4.98 Å². The molecular weight excluding hydrogens is 242 g/mol. The van der Waals surface area contributed by atoms with Gasteiger partial charge in [-0.25, -0.2) is 4.98 Å². The van der Waals surface area contributed by atoms with E-state index in [9.17, 15) is 0 Å². The van der Waals surface area contributed by atoms with Gasteiger partial charge in [0, 0.05) is 11.9 Å². The minimum Gasteiger partial charge on any atom is -0.342 e. The average molecular weight is 252 g/mol. The fraction of sp³-hybridized carbons (Fsp3) is 0.182. The molecule has 0 saturated heterocycles. The Morgan fingerprint density at radius 1 is 1.50 bits per heavy atom. The smallest absolute Gasteiger partial charge is 0.159 e. The molecule has 0 spiro atoms. The first-order chi connectivity index (χ1) is 7.70. The standard InChI is InChI=1S/C11H10ClN3S/c1-2-7-6-9(16)15-11(14-7)10-8(12)4-3-5-13-10/h3-6H,2H2,1H3,(H,14,15,16). The van der Waals surface area contributed by atoms with Crippen LogP contribution in [0.15, 0.2) is 24.4 Å². The number of H-pyrrole nitrogens is 1. The number of rotatable bonds is 2. The maximum atomic E-state index is 6.05. The number of hydrogen-bond acceptors (Lipinski definition) is 3. The molecule has 0 aliphatic heterocycles. The third-order valence-electron chi connectivity index (χ3n) is 2.16. The van der Waals surface area contributed by atoms with Crippen molar-refractivity contribution in [3.05, 3.63) is 39.8 Å². The second-order valence-corrected chi connectivity index (χ2v) is 4.11.